The summed E-state index contributed by atoms with van der Waals surface area (Å²) in [6.45, 7) is 4.44. The molecule has 1 atom stereocenters. The Labute approximate surface area is 149 Å². The van der Waals surface area contributed by atoms with Crippen molar-refractivity contribution in [2.45, 2.75) is 51.5 Å². The maximum atomic E-state index is 5.23. The smallest absolute Gasteiger partial charge is 0.136 e. The van der Waals surface area contributed by atoms with Crippen molar-refractivity contribution < 1.29 is 0 Å². The molecule has 2 aromatic heterocycles. The normalized spacial score (nSPS) is 17.3. The zero-order valence-corrected chi connectivity index (χ0v) is 15.2. The third-order valence-corrected chi connectivity index (χ3v) is 5.46. The number of rotatable bonds is 3. The van der Waals surface area contributed by atoms with Crippen molar-refractivity contribution in [1.29, 1.82) is 0 Å². The minimum atomic E-state index is 0.333. The van der Waals surface area contributed by atoms with Crippen molar-refractivity contribution in [3.63, 3.8) is 0 Å². The molecule has 0 radical (unpaired) electrons. The fourth-order valence-corrected chi connectivity index (χ4v) is 3.94. The molecule has 1 unspecified atom stereocenters. The first-order valence-corrected chi connectivity index (χ1v) is 9.43. The highest BCUT2D eigenvalue weighted by Crippen LogP contribution is 2.24. The van der Waals surface area contributed by atoms with E-state index < -0.39 is 0 Å². The fourth-order valence-electron chi connectivity index (χ4n) is 3.94. The predicted octanol–water partition coefficient (Wildman–Crippen LogP) is 5.24. The Morgan fingerprint density at radius 2 is 1.76 bits per heavy atom. The van der Waals surface area contributed by atoms with E-state index in [4.69, 9.17) is 4.99 Å². The molecule has 2 nitrogen and oxygen atoms in total. The summed E-state index contributed by atoms with van der Waals surface area (Å²) in [7, 11) is 0. The standard InChI is InChI=1S/C23H26N2/c1-17-14-15-25-21(16-17)12-13-22(18(2)19-8-4-3-5-9-19)23(25)24-20-10-6-7-11-20/h3-5,8-9,12-16,18,20H,6-7,10-11H2,1-2H3. The number of aryl methyl sites for hydroxylation is 1. The molecule has 0 amide bonds. The van der Waals surface area contributed by atoms with Crippen LogP contribution in [0.2, 0.25) is 0 Å². The lowest BCUT2D eigenvalue weighted by molar-refractivity contribution is 0.667. The van der Waals surface area contributed by atoms with Gasteiger partial charge in [0.15, 0.2) is 0 Å². The van der Waals surface area contributed by atoms with Crippen LogP contribution in [0.3, 0.4) is 0 Å². The van der Waals surface area contributed by atoms with Gasteiger partial charge in [-0.05, 0) is 49.1 Å². The summed E-state index contributed by atoms with van der Waals surface area (Å²) in [5.74, 6) is 0.333. The first-order valence-electron chi connectivity index (χ1n) is 9.43. The largest absolute Gasteiger partial charge is 0.302 e. The Bertz CT molecular complexity index is 931. The van der Waals surface area contributed by atoms with E-state index in [0.717, 1.165) is 5.49 Å². The van der Waals surface area contributed by atoms with Gasteiger partial charge in [-0.25, -0.2) is 0 Å². The highest BCUT2D eigenvalue weighted by Gasteiger charge is 2.17. The molecule has 0 spiro atoms. The zero-order chi connectivity index (χ0) is 17.2. The number of aromatic nitrogens is 1. The molecule has 1 fully saturated rings. The molecular formula is C23H26N2. The van der Waals surface area contributed by atoms with Crippen LogP contribution < -0.4 is 5.49 Å². The average molecular weight is 330 g/mol. The average Bonchev–Trinajstić information content (AvgIpc) is 3.15. The van der Waals surface area contributed by atoms with Gasteiger partial charge < -0.3 is 4.40 Å². The van der Waals surface area contributed by atoms with Crippen molar-refractivity contribution in [2.75, 3.05) is 0 Å². The van der Waals surface area contributed by atoms with E-state index >= 15 is 0 Å². The Morgan fingerprint density at radius 1 is 1.00 bits per heavy atom. The first-order chi connectivity index (χ1) is 12.2. The molecule has 0 aliphatic heterocycles. The minimum Gasteiger partial charge on any atom is -0.302 e. The van der Waals surface area contributed by atoms with Crippen LogP contribution in [0.25, 0.3) is 5.52 Å². The molecule has 0 saturated heterocycles. The second-order valence-electron chi connectivity index (χ2n) is 7.31. The van der Waals surface area contributed by atoms with Crippen LogP contribution in [0, 0.1) is 6.92 Å². The minimum absolute atomic E-state index is 0.333. The summed E-state index contributed by atoms with van der Waals surface area (Å²) < 4.78 is 2.28. The Morgan fingerprint density at radius 3 is 2.52 bits per heavy atom. The van der Waals surface area contributed by atoms with Crippen LogP contribution in [-0.2, 0) is 0 Å². The number of pyridine rings is 2. The van der Waals surface area contributed by atoms with Gasteiger partial charge in [-0.1, -0.05) is 56.2 Å². The van der Waals surface area contributed by atoms with Crippen molar-refractivity contribution in [1.82, 2.24) is 4.40 Å². The van der Waals surface area contributed by atoms with Gasteiger partial charge in [0.05, 0.1) is 6.04 Å². The highest BCUT2D eigenvalue weighted by atomic mass is 15.0. The molecule has 3 aromatic rings. The molecule has 1 saturated carbocycles. The molecule has 2 heterocycles. The summed E-state index contributed by atoms with van der Waals surface area (Å²) in [5.41, 5.74) is 6.31. The molecule has 1 aliphatic rings. The molecule has 1 aliphatic carbocycles. The van der Waals surface area contributed by atoms with Gasteiger partial charge in [0.25, 0.3) is 0 Å². The van der Waals surface area contributed by atoms with Gasteiger partial charge in [0, 0.05) is 23.2 Å². The van der Waals surface area contributed by atoms with Crippen molar-refractivity contribution in [3.8, 4) is 0 Å². The number of hydrogen-bond donors (Lipinski definition) is 0. The maximum absolute atomic E-state index is 5.23. The number of hydrogen-bond acceptors (Lipinski definition) is 1. The van der Waals surface area contributed by atoms with E-state index in [-0.39, 0.29) is 0 Å². The molecule has 0 N–H and O–H groups in total. The first kappa shape index (κ1) is 16.1. The Balaban J connectivity index is 1.92. The van der Waals surface area contributed by atoms with Gasteiger partial charge >= 0.3 is 0 Å². The number of fused-ring (bicyclic) bond motifs is 1. The van der Waals surface area contributed by atoms with E-state index in [1.54, 1.807) is 0 Å². The molecule has 2 heteroatoms. The summed E-state index contributed by atoms with van der Waals surface area (Å²) in [5, 5.41) is 0. The molecular weight excluding hydrogens is 304 g/mol. The summed E-state index contributed by atoms with van der Waals surface area (Å²) in [6.07, 6.45) is 7.25. The predicted molar refractivity (Wildman–Crippen MR) is 104 cm³/mol. The Hall–Kier alpha value is -2.35. The zero-order valence-electron chi connectivity index (χ0n) is 15.2. The molecule has 128 valence electrons. The molecule has 1 aromatic carbocycles. The van der Waals surface area contributed by atoms with Gasteiger partial charge in [-0.15, -0.1) is 0 Å². The summed E-state index contributed by atoms with van der Waals surface area (Å²) in [4.78, 5) is 5.23. The van der Waals surface area contributed by atoms with E-state index in [0.29, 0.717) is 12.0 Å². The van der Waals surface area contributed by atoms with Gasteiger partial charge in [-0.2, -0.15) is 0 Å². The van der Waals surface area contributed by atoms with Gasteiger partial charge in [0.2, 0.25) is 0 Å². The lowest BCUT2D eigenvalue weighted by Gasteiger charge is -2.16. The summed E-state index contributed by atoms with van der Waals surface area (Å²) >= 11 is 0. The highest BCUT2D eigenvalue weighted by molar-refractivity contribution is 5.50. The second kappa shape index (κ2) is 6.87. The van der Waals surface area contributed by atoms with Crippen LogP contribution in [0.5, 0.6) is 0 Å². The van der Waals surface area contributed by atoms with E-state index in [1.165, 1.54) is 47.9 Å². The maximum Gasteiger partial charge on any atom is 0.136 e. The van der Waals surface area contributed by atoms with Crippen molar-refractivity contribution >= 4 is 5.52 Å². The quantitative estimate of drug-likeness (QED) is 0.624. The third kappa shape index (κ3) is 3.26. The lowest BCUT2D eigenvalue weighted by Crippen LogP contribution is -2.24. The van der Waals surface area contributed by atoms with E-state index in [9.17, 15) is 0 Å². The second-order valence-corrected chi connectivity index (χ2v) is 7.31. The monoisotopic (exact) mass is 330 g/mol. The van der Waals surface area contributed by atoms with Gasteiger partial charge in [-0.3, -0.25) is 4.99 Å². The number of nitrogens with zero attached hydrogens (tertiary/aromatic N) is 2. The fraction of sp³-hybridized carbons (Fsp3) is 0.348. The van der Waals surface area contributed by atoms with Crippen molar-refractivity contribution in [3.05, 3.63) is 83.0 Å². The van der Waals surface area contributed by atoms with Crippen LogP contribution in [0.15, 0.2) is 65.8 Å². The van der Waals surface area contributed by atoms with Gasteiger partial charge in [0.1, 0.15) is 5.49 Å². The van der Waals surface area contributed by atoms with E-state index in [2.05, 4.69) is 79.0 Å². The van der Waals surface area contributed by atoms with E-state index in [1.807, 2.05) is 0 Å². The molecule has 25 heavy (non-hydrogen) atoms. The molecule has 0 bridgehead atoms. The van der Waals surface area contributed by atoms with Crippen LogP contribution >= 0.6 is 0 Å². The topological polar surface area (TPSA) is 16.8 Å². The van der Waals surface area contributed by atoms with Crippen LogP contribution in [0.1, 0.15) is 55.2 Å². The van der Waals surface area contributed by atoms with Crippen LogP contribution in [-0.4, -0.2) is 10.4 Å². The van der Waals surface area contributed by atoms with Crippen LogP contribution in [0.4, 0.5) is 0 Å². The molecule has 4 rings (SSSR count). The third-order valence-electron chi connectivity index (χ3n) is 5.46. The Kier molecular flexibility index (Phi) is 4.44. The van der Waals surface area contributed by atoms with Crippen molar-refractivity contribution in [2.24, 2.45) is 4.99 Å². The lowest BCUT2D eigenvalue weighted by atomic mass is 9.94. The summed E-state index contributed by atoms with van der Waals surface area (Å²) in [6, 6.07) is 20.2. The SMILES string of the molecule is Cc1ccn2c(=NC3CCCC3)c(C(C)c3ccccc3)ccc2c1. The number of benzene rings is 1.